The van der Waals surface area contributed by atoms with Gasteiger partial charge < -0.3 is 5.11 Å². The van der Waals surface area contributed by atoms with Crippen LogP contribution in [0.3, 0.4) is 0 Å². The smallest absolute Gasteiger partial charge is 0.244 e. The maximum absolute atomic E-state index is 12.7. The van der Waals surface area contributed by atoms with E-state index in [9.17, 15) is 8.42 Å². The zero-order valence-corrected chi connectivity index (χ0v) is 13.4. The van der Waals surface area contributed by atoms with Crippen LogP contribution in [0.4, 0.5) is 0 Å². The molecule has 0 fully saturated rings. The molecule has 7 heteroatoms. The quantitative estimate of drug-likeness (QED) is 0.942. The van der Waals surface area contributed by atoms with Crippen molar-refractivity contribution in [3.8, 4) is 0 Å². The largest absolute Gasteiger partial charge is 0.391 e. The van der Waals surface area contributed by atoms with Crippen molar-refractivity contribution in [1.82, 2.24) is 4.31 Å². The van der Waals surface area contributed by atoms with E-state index in [0.29, 0.717) is 11.4 Å². The van der Waals surface area contributed by atoms with Gasteiger partial charge in [0.15, 0.2) is 0 Å². The van der Waals surface area contributed by atoms with E-state index in [1.165, 1.54) is 16.2 Å². The highest BCUT2D eigenvalue weighted by molar-refractivity contribution is 7.89. The minimum Gasteiger partial charge on any atom is -0.391 e. The molecule has 1 aliphatic heterocycles. The van der Waals surface area contributed by atoms with E-state index in [2.05, 4.69) is 0 Å². The standard InChI is InChI=1S/C13H15NO3S3/c1-9-12-3-5-18-13(12)2-4-14(9)20(16,17)11-6-10(7-15)19-8-11/h3,5-6,8-9,15H,2,4,7H2,1H3. The fourth-order valence-electron chi connectivity index (χ4n) is 2.53. The molecule has 3 rings (SSSR count). The molecular weight excluding hydrogens is 314 g/mol. The molecule has 20 heavy (non-hydrogen) atoms. The van der Waals surface area contributed by atoms with E-state index in [-0.39, 0.29) is 17.5 Å². The van der Waals surface area contributed by atoms with E-state index in [1.807, 2.05) is 18.4 Å². The van der Waals surface area contributed by atoms with E-state index in [4.69, 9.17) is 5.11 Å². The number of aliphatic hydroxyl groups is 1. The monoisotopic (exact) mass is 329 g/mol. The molecular formula is C13H15NO3S3. The number of rotatable bonds is 3. The third-order valence-electron chi connectivity index (χ3n) is 3.61. The average Bonchev–Trinajstić information content (AvgIpc) is 3.08. The van der Waals surface area contributed by atoms with Crippen LogP contribution in [0.5, 0.6) is 0 Å². The predicted molar refractivity (Wildman–Crippen MR) is 80.6 cm³/mol. The Morgan fingerprint density at radius 1 is 1.45 bits per heavy atom. The van der Waals surface area contributed by atoms with Gasteiger partial charge in [-0.25, -0.2) is 8.42 Å². The number of thiophene rings is 2. The molecule has 2 aromatic heterocycles. The van der Waals surface area contributed by atoms with Gasteiger partial charge in [0, 0.05) is 27.7 Å². The van der Waals surface area contributed by atoms with Gasteiger partial charge in [-0.3, -0.25) is 0 Å². The van der Waals surface area contributed by atoms with Gasteiger partial charge >= 0.3 is 0 Å². The van der Waals surface area contributed by atoms with Gasteiger partial charge in [-0.05, 0) is 36.4 Å². The molecule has 0 amide bonds. The number of aliphatic hydroxyl groups excluding tert-OH is 1. The van der Waals surface area contributed by atoms with Crippen LogP contribution in [-0.4, -0.2) is 24.4 Å². The fraction of sp³-hybridized carbons (Fsp3) is 0.385. The molecule has 4 nitrogen and oxygen atoms in total. The summed E-state index contributed by atoms with van der Waals surface area (Å²) in [7, 11) is -3.48. The first-order valence-electron chi connectivity index (χ1n) is 6.30. The molecule has 1 N–H and O–H groups in total. The first-order chi connectivity index (χ1) is 9.54. The third kappa shape index (κ3) is 2.23. The van der Waals surface area contributed by atoms with Crippen LogP contribution in [0.15, 0.2) is 27.8 Å². The first-order valence-corrected chi connectivity index (χ1v) is 9.50. The lowest BCUT2D eigenvalue weighted by molar-refractivity contribution is 0.285. The molecule has 108 valence electrons. The van der Waals surface area contributed by atoms with Crippen molar-refractivity contribution in [2.75, 3.05) is 6.54 Å². The second-order valence-corrected chi connectivity index (χ2v) is 8.63. The van der Waals surface area contributed by atoms with Crippen molar-refractivity contribution in [2.45, 2.75) is 30.9 Å². The normalized spacial score (nSPS) is 20.0. The lowest BCUT2D eigenvalue weighted by atomic mass is 10.0. The second kappa shape index (κ2) is 5.23. The van der Waals surface area contributed by atoms with Gasteiger partial charge in [-0.2, -0.15) is 4.31 Å². The van der Waals surface area contributed by atoms with Crippen LogP contribution in [0.2, 0.25) is 0 Å². The summed E-state index contributed by atoms with van der Waals surface area (Å²) in [5, 5.41) is 12.7. The molecule has 1 aliphatic rings. The SMILES string of the molecule is CC1c2ccsc2CCN1S(=O)(=O)c1csc(CO)c1. The van der Waals surface area contributed by atoms with Crippen molar-refractivity contribution in [3.05, 3.63) is 38.2 Å². The summed E-state index contributed by atoms with van der Waals surface area (Å²) in [4.78, 5) is 2.24. The Morgan fingerprint density at radius 2 is 2.25 bits per heavy atom. The number of nitrogens with zero attached hydrogens (tertiary/aromatic N) is 1. The Labute approximate surface area is 126 Å². The predicted octanol–water partition coefficient (Wildman–Crippen LogP) is 2.61. The molecule has 0 saturated heterocycles. The minimum absolute atomic E-state index is 0.121. The molecule has 0 spiro atoms. The summed E-state index contributed by atoms with van der Waals surface area (Å²) >= 11 is 2.97. The Bertz CT molecular complexity index is 717. The summed E-state index contributed by atoms with van der Waals surface area (Å²) in [5.74, 6) is 0. The van der Waals surface area contributed by atoms with Gasteiger partial charge in [-0.15, -0.1) is 22.7 Å². The van der Waals surface area contributed by atoms with E-state index in [1.54, 1.807) is 27.1 Å². The molecule has 0 aromatic carbocycles. The van der Waals surface area contributed by atoms with Crippen LogP contribution in [-0.2, 0) is 23.1 Å². The number of fused-ring (bicyclic) bond motifs is 1. The van der Waals surface area contributed by atoms with Gasteiger partial charge in [0.1, 0.15) is 0 Å². The highest BCUT2D eigenvalue weighted by Crippen LogP contribution is 2.36. The number of sulfonamides is 1. The second-order valence-electron chi connectivity index (χ2n) is 4.75. The fourth-order valence-corrected chi connectivity index (χ4v) is 6.23. The van der Waals surface area contributed by atoms with Crippen molar-refractivity contribution in [2.24, 2.45) is 0 Å². The highest BCUT2D eigenvalue weighted by Gasteiger charge is 2.34. The molecule has 1 atom stereocenters. The molecule has 1 unspecified atom stereocenters. The van der Waals surface area contributed by atoms with Crippen LogP contribution in [0.1, 0.15) is 28.3 Å². The van der Waals surface area contributed by atoms with E-state index < -0.39 is 10.0 Å². The van der Waals surface area contributed by atoms with Crippen LogP contribution in [0, 0.1) is 0 Å². The van der Waals surface area contributed by atoms with Crippen molar-refractivity contribution in [1.29, 1.82) is 0 Å². The maximum Gasteiger partial charge on any atom is 0.244 e. The molecule has 0 bridgehead atoms. The molecule has 2 aromatic rings. The number of hydrogen-bond donors (Lipinski definition) is 1. The summed E-state index contributed by atoms with van der Waals surface area (Å²) in [5.41, 5.74) is 1.11. The van der Waals surface area contributed by atoms with Crippen LogP contribution in [0.25, 0.3) is 0 Å². The zero-order chi connectivity index (χ0) is 14.3. The highest BCUT2D eigenvalue weighted by atomic mass is 32.2. The van der Waals surface area contributed by atoms with Crippen molar-refractivity contribution < 1.29 is 13.5 Å². The Morgan fingerprint density at radius 3 is 2.95 bits per heavy atom. The van der Waals surface area contributed by atoms with Gasteiger partial charge in [0.25, 0.3) is 0 Å². The Kier molecular flexibility index (Phi) is 3.72. The zero-order valence-electron chi connectivity index (χ0n) is 10.9. The van der Waals surface area contributed by atoms with Gasteiger partial charge in [0.05, 0.1) is 11.5 Å². The first kappa shape index (κ1) is 14.2. The molecule has 3 heterocycles. The molecule has 0 saturated carbocycles. The van der Waals surface area contributed by atoms with Crippen LogP contribution >= 0.6 is 22.7 Å². The van der Waals surface area contributed by atoms with E-state index >= 15 is 0 Å². The average molecular weight is 329 g/mol. The third-order valence-corrected chi connectivity index (χ3v) is 7.63. The lowest BCUT2D eigenvalue weighted by Gasteiger charge is -2.32. The Hall–Kier alpha value is -0.730. The Balaban J connectivity index is 1.96. The minimum atomic E-state index is -3.48. The van der Waals surface area contributed by atoms with E-state index in [0.717, 1.165) is 12.0 Å². The van der Waals surface area contributed by atoms with Gasteiger partial charge in [0.2, 0.25) is 10.0 Å². The summed E-state index contributed by atoms with van der Waals surface area (Å²) < 4.78 is 27.0. The molecule has 0 radical (unpaired) electrons. The van der Waals surface area contributed by atoms with Gasteiger partial charge in [-0.1, -0.05) is 0 Å². The summed E-state index contributed by atoms with van der Waals surface area (Å²) in [6, 6.07) is 3.45. The van der Waals surface area contributed by atoms with Crippen molar-refractivity contribution >= 4 is 32.7 Å². The maximum atomic E-state index is 12.7. The molecule has 0 aliphatic carbocycles. The number of hydrogen-bond acceptors (Lipinski definition) is 5. The summed E-state index contributed by atoms with van der Waals surface area (Å²) in [6.45, 7) is 2.33. The lowest BCUT2D eigenvalue weighted by Crippen LogP contribution is -2.38. The topological polar surface area (TPSA) is 57.6 Å². The van der Waals surface area contributed by atoms with Crippen LogP contribution < -0.4 is 0 Å². The summed E-state index contributed by atoms with van der Waals surface area (Å²) in [6.07, 6.45) is 0.771. The van der Waals surface area contributed by atoms with Crippen molar-refractivity contribution in [3.63, 3.8) is 0 Å².